The lowest BCUT2D eigenvalue weighted by Gasteiger charge is -2.26. The van der Waals surface area contributed by atoms with E-state index in [1.165, 1.54) is 5.56 Å². The Labute approximate surface area is 155 Å². The Hall–Kier alpha value is -2.62. The molecule has 0 fully saturated rings. The molecule has 1 atom stereocenters. The van der Waals surface area contributed by atoms with E-state index in [1.54, 1.807) is 11.8 Å². The van der Waals surface area contributed by atoms with E-state index in [2.05, 4.69) is 13.0 Å². The molecule has 26 heavy (non-hydrogen) atoms. The molecule has 2 aromatic carbocycles. The van der Waals surface area contributed by atoms with Gasteiger partial charge in [0.1, 0.15) is 0 Å². The molecule has 1 heterocycles. The largest absolute Gasteiger partial charge is 0.312 e. The van der Waals surface area contributed by atoms with Gasteiger partial charge in [-0.2, -0.15) is 0 Å². The molecule has 0 spiro atoms. The van der Waals surface area contributed by atoms with Gasteiger partial charge in [0.2, 0.25) is 11.8 Å². The first kappa shape index (κ1) is 18.2. The van der Waals surface area contributed by atoms with Crippen LogP contribution in [0.4, 0.5) is 11.4 Å². The van der Waals surface area contributed by atoms with Crippen LogP contribution in [-0.2, 0) is 16.0 Å². The van der Waals surface area contributed by atoms with Gasteiger partial charge in [0, 0.05) is 37.3 Å². The number of hydrogen-bond donors (Lipinski definition) is 0. The lowest BCUT2D eigenvalue weighted by molar-refractivity contribution is -0.119. The molecule has 4 nitrogen and oxygen atoms in total. The number of amides is 2. The van der Waals surface area contributed by atoms with Gasteiger partial charge in [0.05, 0.1) is 0 Å². The third kappa shape index (κ3) is 3.50. The predicted octanol–water partition coefficient (Wildman–Crippen LogP) is 4.02. The van der Waals surface area contributed by atoms with Crippen molar-refractivity contribution in [3.63, 3.8) is 0 Å². The van der Waals surface area contributed by atoms with Crippen molar-refractivity contribution in [2.45, 2.75) is 46.6 Å². The van der Waals surface area contributed by atoms with Crippen molar-refractivity contribution in [2.75, 3.05) is 16.3 Å². The van der Waals surface area contributed by atoms with Crippen molar-refractivity contribution < 1.29 is 9.59 Å². The summed E-state index contributed by atoms with van der Waals surface area (Å²) in [6.07, 6.45) is 1.20. The van der Waals surface area contributed by atoms with Crippen molar-refractivity contribution in [2.24, 2.45) is 0 Å². The second-order valence-corrected chi connectivity index (χ2v) is 7.16. The highest BCUT2D eigenvalue weighted by Gasteiger charge is 2.30. The van der Waals surface area contributed by atoms with E-state index in [9.17, 15) is 9.59 Å². The number of benzene rings is 2. The molecule has 0 bridgehead atoms. The number of fused-ring (bicyclic) bond motifs is 1. The van der Waals surface area contributed by atoms with E-state index in [-0.39, 0.29) is 17.9 Å². The fourth-order valence-corrected chi connectivity index (χ4v) is 3.73. The van der Waals surface area contributed by atoms with Crippen LogP contribution < -0.4 is 9.80 Å². The molecule has 2 aromatic rings. The SMILES string of the molecule is CC(=O)N(CCC(=O)N1c2ccccc2CC1C)c1cc(C)ccc1C. The minimum Gasteiger partial charge on any atom is -0.312 e. The second kappa shape index (κ2) is 7.32. The minimum atomic E-state index is -0.0404. The molecule has 0 aliphatic carbocycles. The normalized spacial score (nSPS) is 15.7. The quantitative estimate of drug-likeness (QED) is 0.835. The van der Waals surface area contributed by atoms with Crippen molar-refractivity contribution >= 4 is 23.2 Å². The highest BCUT2D eigenvalue weighted by Crippen LogP contribution is 2.32. The average molecular weight is 350 g/mol. The zero-order valence-corrected chi connectivity index (χ0v) is 16.0. The summed E-state index contributed by atoms with van der Waals surface area (Å²) >= 11 is 0. The summed E-state index contributed by atoms with van der Waals surface area (Å²) in [4.78, 5) is 28.7. The number of hydrogen-bond acceptors (Lipinski definition) is 2. The number of para-hydroxylation sites is 1. The zero-order chi connectivity index (χ0) is 18.8. The lowest BCUT2D eigenvalue weighted by Crippen LogP contribution is -2.39. The van der Waals surface area contributed by atoms with E-state index < -0.39 is 0 Å². The predicted molar refractivity (Wildman–Crippen MR) is 106 cm³/mol. The maximum Gasteiger partial charge on any atom is 0.229 e. The summed E-state index contributed by atoms with van der Waals surface area (Å²) in [5, 5.41) is 0. The van der Waals surface area contributed by atoms with E-state index in [0.717, 1.165) is 28.9 Å². The number of carbonyl (C=O) groups is 2. The van der Waals surface area contributed by atoms with Crippen LogP contribution in [0.3, 0.4) is 0 Å². The van der Waals surface area contributed by atoms with Crippen LogP contribution in [0.25, 0.3) is 0 Å². The summed E-state index contributed by atoms with van der Waals surface area (Å²) in [5.41, 5.74) is 5.25. The first-order valence-electron chi connectivity index (χ1n) is 9.14. The van der Waals surface area contributed by atoms with Gasteiger partial charge in [-0.1, -0.05) is 30.3 Å². The maximum atomic E-state index is 12.9. The molecule has 0 saturated heterocycles. The van der Waals surface area contributed by atoms with E-state index >= 15 is 0 Å². The Morgan fingerprint density at radius 3 is 2.62 bits per heavy atom. The third-order valence-electron chi connectivity index (χ3n) is 5.06. The van der Waals surface area contributed by atoms with Crippen LogP contribution in [0, 0.1) is 13.8 Å². The van der Waals surface area contributed by atoms with Crippen LogP contribution in [0.1, 0.15) is 37.0 Å². The van der Waals surface area contributed by atoms with E-state index in [0.29, 0.717) is 13.0 Å². The zero-order valence-electron chi connectivity index (χ0n) is 16.0. The fraction of sp³-hybridized carbons (Fsp3) is 0.364. The molecule has 4 heteroatoms. The number of aryl methyl sites for hydroxylation is 2. The van der Waals surface area contributed by atoms with Crippen molar-refractivity contribution in [3.05, 3.63) is 59.2 Å². The highest BCUT2D eigenvalue weighted by molar-refractivity contribution is 5.98. The number of nitrogens with zero attached hydrogens (tertiary/aromatic N) is 2. The van der Waals surface area contributed by atoms with Gasteiger partial charge in [0.15, 0.2) is 0 Å². The third-order valence-corrected chi connectivity index (χ3v) is 5.06. The molecule has 0 saturated carbocycles. The van der Waals surface area contributed by atoms with Gasteiger partial charge in [0.25, 0.3) is 0 Å². The standard InChI is InChI=1S/C22H26N2O2/c1-15-9-10-16(2)21(13-15)23(18(4)25)12-11-22(26)24-17(3)14-19-7-5-6-8-20(19)24/h5-10,13,17H,11-12,14H2,1-4H3. The summed E-state index contributed by atoms with van der Waals surface area (Å²) in [5.74, 6) is 0.0281. The maximum absolute atomic E-state index is 12.9. The summed E-state index contributed by atoms with van der Waals surface area (Å²) in [6.45, 7) is 8.02. The molecule has 3 rings (SSSR count). The van der Waals surface area contributed by atoms with E-state index in [4.69, 9.17) is 0 Å². The molecule has 1 unspecified atom stereocenters. The lowest BCUT2D eigenvalue weighted by atomic mass is 10.1. The highest BCUT2D eigenvalue weighted by atomic mass is 16.2. The Kier molecular flexibility index (Phi) is 5.12. The number of anilines is 2. The Morgan fingerprint density at radius 2 is 1.88 bits per heavy atom. The van der Waals surface area contributed by atoms with Crippen molar-refractivity contribution in [3.8, 4) is 0 Å². The number of carbonyl (C=O) groups excluding carboxylic acids is 2. The Morgan fingerprint density at radius 1 is 1.15 bits per heavy atom. The summed E-state index contributed by atoms with van der Waals surface area (Å²) < 4.78 is 0. The fourth-order valence-electron chi connectivity index (χ4n) is 3.73. The molecule has 0 N–H and O–H groups in total. The van der Waals surface area contributed by atoms with Gasteiger partial charge in [-0.25, -0.2) is 0 Å². The van der Waals surface area contributed by atoms with Crippen LogP contribution in [0.5, 0.6) is 0 Å². The average Bonchev–Trinajstić information content (AvgIpc) is 2.93. The van der Waals surface area contributed by atoms with Crippen LogP contribution in [0.15, 0.2) is 42.5 Å². The van der Waals surface area contributed by atoms with Gasteiger partial charge in [-0.3, -0.25) is 9.59 Å². The molecule has 0 radical (unpaired) electrons. The summed E-state index contributed by atoms with van der Waals surface area (Å²) in [6, 6.07) is 14.3. The smallest absolute Gasteiger partial charge is 0.229 e. The molecule has 1 aliphatic heterocycles. The Balaban J connectivity index is 1.77. The van der Waals surface area contributed by atoms with Gasteiger partial charge in [-0.15, -0.1) is 0 Å². The molecule has 1 aliphatic rings. The van der Waals surface area contributed by atoms with Gasteiger partial charge >= 0.3 is 0 Å². The monoisotopic (exact) mass is 350 g/mol. The molecule has 0 aromatic heterocycles. The first-order chi connectivity index (χ1) is 12.4. The van der Waals surface area contributed by atoms with Crippen LogP contribution in [0.2, 0.25) is 0 Å². The van der Waals surface area contributed by atoms with Crippen LogP contribution in [-0.4, -0.2) is 24.4 Å². The van der Waals surface area contributed by atoms with Gasteiger partial charge in [-0.05, 0) is 56.0 Å². The Bertz CT molecular complexity index is 844. The van der Waals surface area contributed by atoms with Gasteiger partial charge < -0.3 is 9.80 Å². The first-order valence-corrected chi connectivity index (χ1v) is 9.14. The second-order valence-electron chi connectivity index (χ2n) is 7.16. The molecule has 2 amide bonds. The number of rotatable bonds is 4. The van der Waals surface area contributed by atoms with Crippen molar-refractivity contribution in [1.82, 2.24) is 0 Å². The molecular weight excluding hydrogens is 324 g/mol. The molecule has 136 valence electrons. The molecular formula is C22H26N2O2. The van der Waals surface area contributed by atoms with Crippen molar-refractivity contribution in [1.29, 1.82) is 0 Å². The topological polar surface area (TPSA) is 40.6 Å². The minimum absolute atomic E-state index is 0.0404. The van der Waals surface area contributed by atoms with Crippen LogP contribution >= 0.6 is 0 Å². The van der Waals surface area contributed by atoms with E-state index in [1.807, 2.05) is 55.1 Å². The summed E-state index contributed by atoms with van der Waals surface area (Å²) in [7, 11) is 0.